The van der Waals surface area contributed by atoms with Crippen molar-refractivity contribution in [3.8, 4) is 0 Å². The number of halogens is 1. The fourth-order valence-electron chi connectivity index (χ4n) is 2.47. The zero-order chi connectivity index (χ0) is 14.9. The molecule has 0 fully saturated rings. The highest BCUT2D eigenvalue weighted by Gasteiger charge is 2.20. The highest BCUT2D eigenvalue weighted by Crippen LogP contribution is 2.28. The largest absolute Gasteiger partial charge is 0.312 e. The van der Waals surface area contributed by atoms with E-state index in [9.17, 15) is 8.42 Å². The van der Waals surface area contributed by atoms with Gasteiger partial charge < -0.3 is 5.32 Å². The molecule has 0 unspecified atom stereocenters. The van der Waals surface area contributed by atoms with Gasteiger partial charge in [-0.2, -0.15) is 0 Å². The highest BCUT2D eigenvalue weighted by atomic mass is 79.9. The Hall–Kier alpha value is -1.37. The lowest BCUT2D eigenvalue weighted by Gasteiger charge is -2.21. The molecular weight excluding hydrogens is 352 g/mol. The molecule has 0 aromatic heterocycles. The third-order valence-corrected chi connectivity index (χ3v) is 5.89. The van der Waals surface area contributed by atoms with Crippen molar-refractivity contribution in [3.05, 3.63) is 58.1 Å². The number of fused-ring (bicyclic) bond motifs is 1. The maximum Gasteiger partial charge on any atom is 0.263 e. The van der Waals surface area contributed by atoms with Gasteiger partial charge in [-0.3, -0.25) is 4.72 Å². The van der Waals surface area contributed by atoms with Crippen LogP contribution in [0.15, 0.2) is 51.8 Å². The van der Waals surface area contributed by atoms with E-state index in [1.807, 2.05) is 12.1 Å². The van der Waals surface area contributed by atoms with Crippen LogP contribution in [0.3, 0.4) is 0 Å². The molecule has 1 aliphatic heterocycles. The van der Waals surface area contributed by atoms with Gasteiger partial charge >= 0.3 is 0 Å². The van der Waals surface area contributed by atoms with Crippen LogP contribution in [0.5, 0.6) is 0 Å². The molecular formula is C15H15BrN2O2S. The van der Waals surface area contributed by atoms with Crippen LogP contribution in [-0.2, 0) is 23.0 Å². The van der Waals surface area contributed by atoms with Crippen LogP contribution in [-0.4, -0.2) is 15.0 Å². The van der Waals surface area contributed by atoms with Crippen molar-refractivity contribution in [2.24, 2.45) is 0 Å². The maximum absolute atomic E-state index is 12.5. The summed E-state index contributed by atoms with van der Waals surface area (Å²) >= 11 is 3.29. The summed E-state index contributed by atoms with van der Waals surface area (Å²) in [6.45, 7) is 1.61. The van der Waals surface area contributed by atoms with E-state index in [1.54, 1.807) is 30.3 Å². The Kier molecular flexibility index (Phi) is 4.01. The summed E-state index contributed by atoms with van der Waals surface area (Å²) in [5.41, 5.74) is 2.87. The lowest BCUT2D eigenvalue weighted by molar-refractivity contribution is 0.600. The summed E-state index contributed by atoms with van der Waals surface area (Å²) in [6.07, 6.45) is 0.917. The number of benzene rings is 2. The predicted molar refractivity (Wildman–Crippen MR) is 86.8 cm³/mol. The van der Waals surface area contributed by atoms with Gasteiger partial charge in [0, 0.05) is 11.0 Å². The Morgan fingerprint density at radius 3 is 2.71 bits per heavy atom. The first kappa shape index (κ1) is 14.6. The van der Waals surface area contributed by atoms with Crippen molar-refractivity contribution in [1.82, 2.24) is 5.32 Å². The molecule has 0 amide bonds. The third-order valence-electron chi connectivity index (χ3n) is 3.52. The average molecular weight is 367 g/mol. The molecule has 0 spiro atoms. The summed E-state index contributed by atoms with van der Waals surface area (Å²) in [6, 6.07) is 12.5. The second kappa shape index (κ2) is 5.79. The quantitative estimate of drug-likeness (QED) is 0.877. The molecule has 0 saturated heterocycles. The third kappa shape index (κ3) is 2.97. The summed E-state index contributed by atoms with van der Waals surface area (Å²) in [5.74, 6) is 0. The molecule has 0 saturated carbocycles. The van der Waals surface area contributed by atoms with Crippen molar-refractivity contribution < 1.29 is 8.42 Å². The number of hydrogen-bond acceptors (Lipinski definition) is 3. The van der Waals surface area contributed by atoms with E-state index < -0.39 is 10.0 Å². The van der Waals surface area contributed by atoms with Crippen molar-refractivity contribution >= 4 is 31.6 Å². The topological polar surface area (TPSA) is 58.2 Å². The standard InChI is InChI=1S/C15H15BrN2O2S/c16-13-5-1-2-7-15(13)21(19,20)18-14-6-3-4-11-8-9-17-10-12(11)14/h1-7,17-18H,8-10H2. The summed E-state index contributed by atoms with van der Waals surface area (Å²) < 4.78 is 28.4. The van der Waals surface area contributed by atoms with E-state index in [2.05, 4.69) is 26.0 Å². The molecule has 0 bridgehead atoms. The Morgan fingerprint density at radius 1 is 1.10 bits per heavy atom. The maximum atomic E-state index is 12.5. The number of anilines is 1. The van der Waals surface area contributed by atoms with Gasteiger partial charge in [-0.1, -0.05) is 24.3 Å². The van der Waals surface area contributed by atoms with Crippen LogP contribution >= 0.6 is 15.9 Å². The second-order valence-electron chi connectivity index (χ2n) is 4.91. The zero-order valence-electron chi connectivity index (χ0n) is 11.3. The molecule has 1 aliphatic rings. The second-order valence-corrected chi connectivity index (χ2v) is 7.41. The van der Waals surface area contributed by atoms with Crippen molar-refractivity contribution in [2.75, 3.05) is 11.3 Å². The van der Waals surface area contributed by atoms with E-state index in [4.69, 9.17) is 0 Å². The molecule has 6 heteroatoms. The Bertz CT molecular complexity index is 775. The SMILES string of the molecule is O=S(=O)(Nc1cccc2c1CNCC2)c1ccccc1Br. The first-order valence-electron chi connectivity index (χ1n) is 6.67. The fourth-order valence-corrected chi connectivity index (χ4v) is 4.57. The minimum atomic E-state index is -3.60. The molecule has 2 N–H and O–H groups in total. The van der Waals surface area contributed by atoms with Gasteiger partial charge in [-0.25, -0.2) is 8.42 Å². The highest BCUT2D eigenvalue weighted by molar-refractivity contribution is 9.10. The van der Waals surface area contributed by atoms with Gasteiger partial charge in [-0.15, -0.1) is 0 Å². The van der Waals surface area contributed by atoms with Crippen LogP contribution in [0.1, 0.15) is 11.1 Å². The van der Waals surface area contributed by atoms with E-state index in [1.165, 1.54) is 5.56 Å². The molecule has 2 aromatic carbocycles. The van der Waals surface area contributed by atoms with Crippen molar-refractivity contribution in [3.63, 3.8) is 0 Å². The van der Waals surface area contributed by atoms with Gasteiger partial charge in [0.1, 0.15) is 4.90 Å². The lowest BCUT2D eigenvalue weighted by Crippen LogP contribution is -2.25. The van der Waals surface area contributed by atoms with Crippen LogP contribution in [0.25, 0.3) is 0 Å². The minimum absolute atomic E-state index is 0.242. The molecule has 2 aromatic rings. The molecule has 3 rings (SSSR count). The molecule has 110 valence electrons. The number of sulfonamides is 1. The van der Waals surface area contributed by atoms with E-state index in [0.29, 0.717) is 16.7 Å². The Morgan fingerprint density at radius 2 is 1.90 bits per heavy atom. The van der Waals surface area contributed by atoms with Crippen LogP contribution in [0.2, 0.25) is 0 Å². The van der Waals surface area contributed by atoms with E-state index in [0.717, 1.165) is 18.5 Å². The van der Waals surface area contributed by atoms with Crippen molar-refractivity contribution in [2.45, 2.75) is 17.9 Å². The van der Waals surface area contributed by atoms with Crippen LogP contribution in [0, 0.1) is 0 Å². The number of nitrogens with one attached hydrogen (secondary N) is 2. The Balaban J connectivity index is 1.99. The van der Waals surface area contributed by atoms with Gasteiger partial charge in [0.2, 0.25) is 0 Å². The average Bonchev–Trinajstić information content (AvgIpc) is 2.47. The fraction of sp³-hybridized carbons (Fsp3) is 0.200. The molecule has 0 atom stereocenters. The smallest absolute Gasteiger partial charge is 0.263 e. The van der Waals surface area contributed by atoms with Crippen LogP contribution < -0.4 is 10.0 Å². The number of rotatable bonds is 3. The molecule has 0 radical (unpaired) electrons. The zero-order valence-corrected chi connectivity index (χ0v) is 13.7. The lowest BCUT2D eigenvalue weighted by atomic mass is 10.00. The van der Waals surface area contributed by atoms with Crippen LogP contribution in [0.4, 0.5) is 5.69 Å². The first-order chi connectivity index (χ1) is 10.1. The molecule has 21 heavy (non-hydrogen) atoms. The minimum Gasteiger partial charge on any atom is -0.312 e. The monoisotopic (exact) mass is 366 g/mol. The van der Waals surface area contributed by atoms with E-state index >= 15 is 0 Å². The summed E-state index contributed by atoms with van der Waals surface area (Å²) in [7, 11) is -3.60. The van der Waals surface area contributed by atoms with Gasteiger partial charge in [0.15, 0.2) is 0 Å². The normalized spacial score (nSPS) is 14.5. The number of hydrogen-bond donors (Lipinski definition) is 2. The summed E-state index contributed by atoms with van der Waals surface area (Å²) in [5, 5.41) is 3.27. The predicted octanol–water partition coefficient (Wildman–Crippen LogP) is 2.90. The van der Waals surface area contributed by atoms with Crippen molar-refractivity contribution in [1.29, 1.82) is 0 Å². The molecule has 1 heterocycles. The van der Waals surface area contributed by atoms with E-state index in [-0.39, 0.29) is 4.90 Å². The summed E-state index contributed by atoms with van der Waals surface area (Å²) in [4.78, 5) is 0.242. The van der Waals surface area contributed by atoms with Gasteiger partial charge in [0.05, 0.1) is 5.69 Å². The Labute approximate surface area is 132 Å². The molecule has 4 nitrogen and oxygen atoms in total. The molecule has 0 aliphatic carbocycles. The van der Waals surface area contributed by atoms with Gasteiger partial charge in [-0.05, 0) is 58.2 Å². The van der Waals surface area contributed by atoms with Gasteiger partial charge in [0.25, 0.3) is 10.0 Å². The first-order valence-corrected chi connectivity index (χ1v) is 8.94.